The minimum atomic E-state index is -3.36. The lowest BCUT2D eigenvalue weighted by Crippen LogP contribution is -2.57. The topological polar surface area (TPSA) is 75.9 Å². The lowest BCUT2D eigenvalue weighted by molar-refractivity contribution is 0.0743. The molecule has 0 aliphatic carbocycles. The maximum atomic E-state index is 11.2. The van der Waals surface area contributed by atoms with Gasteiger partial charge in [0.25, 0.3) is 10.1 Å². The van der Waals surface area contributed by atoms with E-state index in [1.165, 1.54) is 0 Å². The summed E-state index contributed by atoms with van der Waals surface area (Å²) >= 11 is 0. The second-order valence-electron chi connectivity index (χ2n) is 7.03. The van der Waals surface area contributed by atoms with Crippen LogP contribution < -0.4 is 4.90 Å². The zero-order valence-electron chi connectivity index (χ0n) is 14.3. The van der Waals surface area contributed by atoms with Gasteiger partial charge in [0.15, 0.2) is 11.4 Å². The Morgan fingerprint density at radius 3 is 2.92 bits per heavy atom. The van der Waals surface area contributed by atoms with Gasteiger partial charge in [-0.3, -0.25) is 9.08 Å². The summed E-state index contributed by atoms with van der Waals surface area (Å²) in [6.07, 6.45) is 3.15. The molecule has 25 heavy (non-hydrogen) atoms. The van der Waals surface area contributed by atoms with Crippen molar-refractivity contribution >= 4 is 26.9 Å². The van der Waals surface area contributed by atoms with Gasteiger partial charge in [0, 0.05) is 32.2 Å². The minimum absolute atomic E-state index is 0.283. The summed E-state index contributed by atoms with van der Waals surface area (Å²) in [5.41, 5.74) is 0.821. The molecule has 2 aliphatic rings. The molecule has 0 amide bonds. The van der Waals surface area contributed by atoms with Gasteiger partial charge in [-0.25, -0.2) is 0 Å². The summed E-state index contributed by atoms with van der Waals surface area (Å²) in [4.78, 5) is 4.76. The highest BCUT2D eigenvalue weighted by molar-refractivity contribution is 7.85. The molecule has 2 saturated heterocycles. The number of para-hydroxylation sites is 1. The first-order chi connectivity index (χ1) is 12.0. The van der Waals surface area contributed by atoms with Gasteiger partial charge in [0.1, 0.15) is 0 Å². The quantitative estimate of drug-likeness (QED) is 0.763. The summed E-state index contributed by atoms with van der Waals surface area (Å²) in [5, 5.41) is 5.34. The van der Waals surface area contributed by atoms with Crippen molar-refractivity contribution in [2.45, 2.75) is 18.9 Å². The number of rotatable bonds is 4. The molecular weight excluding hydrogens is 342 g/mol. The van der Waals surface area contributed by atoms with Gasteiger partial charge in [-0.05, 0) is 30.9 Å². The molecule has 4 rings (SSSR count). The fraction of sp³-hybridized carbons (Fsp3) is 0.588. The molecule has 0 spiro atoms. The maximum absolute atomic E-state index is 11.2. The molecule has 1 aromatic carbocycles. The predicted octanol–water partition coefficient (Wildman–Crippen LogP) is 1.70. The van der Waals surface area contributed by atoms with E-state index in [0.717, 1.165) is 62.1 Å². The summed E-state index contributed by atoms with van der Waals surface area (Å²) in [6, 6.07) is 8.42. The van der Waals surface area contributed by atoms with E-state index in [9.17, 15) is 8.42 Å². The first-order valence-corrected chi connectivity index (χ1v) is 10.5. The summed E-state index contributed by atoms with van der Waals surface area (Å²) in [6.45, 7) is 3.96. The number of nitrogens with zero attached hydrogens (tertiary/aromatic N) is 3. The first-order valence-electron chi connectivity index (χ1n) is 8.67. The highest BCUT2D eigenvalue weighted by Crippen LogP contribution is 2.31. The van der Waals surface area contributed by atoms with E-state index >= 15 is 0 Å². The summed E-state index contributed by atoms with van der Waals surface area (Å²) in [5.74, 6) is 1.21. The number of hydrogen-bond acceptors (Lipinski definition) is 7. The zero-order valence-corrected chi connectivity index (χ0v) is 15.1. The number of piperidine rings is 1. The van der Waals surface area contributed by atoms with Crippen LogP contribution in [0.25, 0.3) is 11.0 Å². The van der Waals surface area contributed by atoms with Crippen molar-refractivity contribution in [1.29, 1.82) is 0 Å². The van der Waals surface area contributed by atoms with E-state index in [1.54, 1.807) is 0 Å². The molecule has 3 heterocycles. The molecule has 136 valence electrons. The molecule has 8 heteroatoms. The molecule has 2 aromatic rings. The van der Waals surface area contributed by atoms with Crippen LogP contribution in [0.15, 0.2) is 28.8 Å². The second-order valence-corrected chi connectivity index (χ2v) is 8.67. The highest BCUT2D eigenvalue weighted by atomic mass is 32.2. The third-order valence-electron chi connectivity index (χ3n) is 5.18. The number of piperazine rings is 1. The Hall–Kier alpha value is -1.64. The van der Waals surface area contributed by atoms with Crippen molar-refractivity contribution in [1.82, 2.24) is 10.1 Å². The highest BCUT2D eigenvalue weighted by Gasteiger charge is 2.34. The SMILES string of the molecule is CS(=O)(=O)OCC1CCC2CN(c3noc4ccccc34)CCN2C1. The first kappa shape index (κ1) is 16.8. The van der Waals surface area contributed by atoms with E-state index in [0.29, 0.717) is 12.6 Å². The van der Waals surface area contributed by atoms with Crippen LogP contribution in [0.3, 0.4) is 0 Å². The molecular formula is C17H23N3O4S. The summed E-state index contributed by atoms with van der Waals surface area (Å²) < 4.78 is 32.8. The Bertz CT molecular complexity index is 850. The number of benzene rings is 1. The minimum Gasteiger partial charge on any atom is -0.354 e. The number of anilines is 1. The third kappa shape index (κ3) is 3.65. The molecule has 0 saturated carbocycles. The molecule has 1 aromatic heterocycles. The zero-order chi connectivity index (χ0) is 17.4. The fourth-order valence-corrected chi connectivity index (χ4v) is 4.35. The Kier molecular flexibility index (Phi) is 4.43. The Morgan fingerprint density at radius 1 is 1.24 bits per heavy atom. The van der Waals surface area contributed by atoms with Crippen LogP contribution in [0.4, 0.5) is 5.82 Å². The third-order valence-corrected chi connectivity index (χ3v) is 5.75. The normalized spacial score (nSPS) is 25.2. The van der Waals surface area contributed by atoms with Gasteiger partial charge >= 0.3 is 0 Å². The van der Waals surface area contributed by atoms with E-state index in [-0.39, 0.29) is 5.92 Å². The van der Waals surface area contributed by atoms with Gasteiger partial charge in [-0.15, -0.1) is 0 Å². The average molecular weight is 365 g/mol. The molecule has 2 aliphatic heterocycles. The molecule has 0 bridgehead atoms. The Labute approximate surface area is 147 Å². The van der Waals surface area contributed by atoms with Crippen LogP contribution in [0, 0.1) is 5.92 Å². The molecule has 0 N–H and O–H groups in total. The van der Waals surface area contributed by atoms with E-state index in [2.05, 4.69) is 15.0 Å². The Morgan fingerprint density at radius 2 is 2.08 bits per heavy atom. The Balaban J connectivity index is 1.40. The van der Waals surface area contributed by atoms with Crippen molar-refractivity contribution < 1.29 is 17.1 Å². The smallest absolute Gasteiger partial charge is 0.264 e. The van der Waals surface area contributed by atoms with E-state index in [1.807, 2.05) is 24.3 Å². The van der Waals surface area contributed by atoms with Crippen molar-refractivity contribution in [2.75, 3.05) is 43.9 Å². The number of aromatic nitrogens is 1. The van der Waals surface area contributed by atoms with Crippen molar-refractivity contribution in [3.63, 3.8) is 0 Å². The van der Waals surface area contributed by atoms with Crippen molar-refractivity contribution in [3.8, 4) is 0 Å². The largest absolute Gasteiger partial charge is 0.354 e. The van der Waals surface area contributed by atoms with E-state index < -0.39 is 10.1 Å². The van der Waals surface area contributed by atoms with Crippen LogP contribution in [0.5, 0.6) is 0 Å². The average Bonchev–Trinajstić information content (AvgIpc) is 3.03. The van der Waals surface area contributed by atoms with Crippen LogP contribution in [-0.2, 0) is 14.3 Å². The maximum Gasteiger partial charge on any atom is 0.264 e. The van der Waals surface area contributed by atoms with Gasteiger partial charge in [0.05, 0.1) is 18.2 Å². The van der Waals surface area contributed by atoms with Crippen LogP contribution in [0.1, 0.15) is 12.8 Å². The van der Waals surface area contributed by atoms with Gasteiger partial charge in [-0.1, -0.05) is 17.3 Å². The molecule has 2 fully saturated rings. The lowest BCUT2D eigenvalue weighted by Gasteiger charge is -2.46. The van der Waals surface area contributed by atoms with Crippen LogP contribution in [0.2, 0.25) is 0 Å². The standard InChI is InChI=1S/C17H23N3O4S/c1-25(21,22)23-12-13-6-7-14-11-20(9-8-19(14)10-13)17-15-4-2-3-5-16(15)24-18-17/h2-5,13-14H,6-12H2,1H3. The second kappa shape index (κ2) is 6.59. The van der Waals surface area contributed by atoms with Gasteiger partial charge in [-0.2, -0.15) is 8.42 Å². The number of fused-ring (bicyclic) bond motifs is 2. The van der Waals surface area contributed by atoms with Gasteiger partial charge < -0.3 is 9.42 Å². The fourth-order valence-electron chi connectivity index (χ4n) is 3.91. The molecule has 2 atom stereocenters. The molecule has 0 radical (unpaired) electrons. The van der Waals surface area contributed by atoms with Crippen molar-refractivity contribution in [2.24, 2.45) is 5.92 Å². The van der Waals surface area contributed by atoms with Crippen LogP contribution in [-0.4, -0.2) is 63.6 Å². The molecule has 2 unspecified atom stereocenters. The predicted molar refractivity (Wildman–Crippen MR) is 95.1 cm³/mol. The summed E-state index contributed by atoms with van der Waals surface area (Å²) in [7, 11) is -3.36. The van der Waals surface area contributed by atoms with E-state index in [4.69, 9.17) is 8.71 Å². The molecule has 7 nitrogen and oxygen atoms in total. The lowest BCUT2D eigenvalue weighted by atomic mass is 9.91. The monoisotopic (exact) mass is 365 g/mol. The van der Waals surface area contributed by atoms with Gasteiger partial charge in [0.2, 0.25) is 0 Å². The number of hydrogen-bond donors (Lipinski definition) is 0. The van der Waals surface area contributed by atoms with Crippen molar-refractivity contribution in [3.05, 3.63) is 24.3 Å². The van der Waals surface area contributed by atoms with Crippen LogP contribution >= 0.6 is 0 Å².